The van der Waals surface area contributed by atoms with Crippen LogP contribution >= 0.6 is 0 Å². The van der Waals surface area contributed by atoms with E-state index >= 15 is 0 Å². The SMILES string of the molecule is [Ir].[c-]1cc2c(cc1-c1ccccn1)CC1(C2)c2cc(-c3cccc4ccccc34)ccc2-c2ccc(-c3cccc4ccccc34)cc21.[c-]1ccccc1-c1ccccn1. The molecule has 0 aliphatic heterocycles. The van der Waals surface area contributed by atoms with Crippen molar-refractivity contribution in [2.24, 2.45) is 0 Å². The van der Waals surface area contributed by atoms with Crippen LogP contribution < -0.4 is 0 Å². The molecule has 2 aromatic heterocycles. The van der Waals surface area contributed by atoms with E-state index in [1.165, 1.54) is 77.2 Å². The molecule has 12 rings (SSSR count). The molecule has 10 aromatic rings. The first kappa shape index (κ1) is 37.5. The molecule has 0 fully saturated rings. The summed E-state index contributed by atoms with van der Waals surface area (Å²) >= 11 is 0. The van der Waals surface area contributed by atoms with E-state index in [1.54, 1.807) is 6.20 Å². The van der Waals surface area contributed by atoms with E-state index in [9.17, 15) is 0 Å². The molecule has 287 valence electrons. The standard InChI is InChI=1S/C46H30N.C11H8N.Ir/c1-3-13-37-30(9-1)11-7-15-39(37)32-20-22-41-42-23-21-33(40-16-8-12-31-10-2-4-14-38(31)40)27-44(42)46(43(41)26-32)28-35-19-18-34(25-36(35)29-46)45-17-5-6-24-47-45;1-2-6-10(7-3-1)11-8-4-5-9-12-11;/h1-17,19-27H,28-29H2;1-6,8-9H;/q2*-1;. The predicted octanol–water partition coefficient (Wildman–Crippen LogP) is 13.8. The van der Waals surface area contributed by atoms with Gasteiger partial charge in [0.25, 0.3) is 0 Å². The molecule has 3 heteroatoms. The smallest absolute Gasteiger partial charge is 0.0201 e. The van der Waals surface area contributed by atoms with Crippen LogP contribution in [0.3, 0.4) is 0 Å². The summed E-state index contributed by atoms with van der Waals surface area (Å²) in [5.41, 5.74) is 17.4. The third-order valence-corrected chi connectivity index (χ3v) is 12.3. The summed E-state index contributed by atoms with van der Waals surface area (Å²) in [4.78, 5) is 8.86. The van der Waals surface area contributed by atoms with E-state index in [-0.39, 0.29) is 25.5 Å². The number of hydrogen-bond donors (Lipinski definition) is 0. The average molecular weight is 943 g/mol. The Morgan fingerprint density at radius 3 is 1.52 bits per heavy atom. The van der Waals surface area contributed by atoms with Crippen molar-refractivity contribution in [3.8, 4) is 55.9 Å². The van der Waals surface area contributed by atoms with Gasteiger partial charge in [0.2, 0.25) is 0 Å². The maximum absolute atomic E-state index is 4.64. The zero-order chi connectivity index (χ0) is 39.2. The van der Waals surface area contributed by atoms with Gasteiger partial charge in [0.15, 0.2) is 0 Å². The summed E-state index contributed by atoms with van der Waals surface area (Å²) in [6, 6.07) is 76.3. The Morgan fingerprint density at radius 2 is 0.950 bits per heavy atom. The first-order valence-corrected chi connectivity index (χ1v) is 20.3. The van der Waals surface area contributed by atoms with Crippen LogP contribution in [0, 0.1) is 12.1 Å². The Kier molecular flexibility index (Phi) is 9.86. The van der Waals surface area contributed by atoms with Crippen molar-refractivity contribution in [3.63, 3.8) is 0 Å². The molecule has 0 N–H and O–H groups in total. The molecule has 0 saturated heterocycles. The second-order valence-electron chi connectivity index (χ2n) is 15.6. The molecule has 60 heavy (non-hydrogen) atoms. The van der Waals surface area contributed by atoms with Gasteiger partial charge in [-0.25, -0.2) is 0 Å². The number of nitrogens with zero attached hydrogens (tertiary/aromatic N) is 2. The zero-order valence-electron chi connectivity index (χ0n) is 32.8. The summed E-state index contributed by atoms with van der Waals surface area (Å²) in [5.74, 6) is 0. The van der Waals surface area contributed by atoms with Crippen molar-refractivity contribution in [2.75, 3.05) is 0 Å². The number of pyridine rings is 2. The van der Waals surface area contributed by atoms with Gasteiger partial charge in [-0.3, -0.25) is 0 Å². The molecule has 2 aliphatic carbocycles. The predicted molar refractivity (Wildman–Crippen MR) is 243 cm³/mol. The maximum Gasteiger partial charge on any atom is 0.0201 e. The monoisotopic (exact) mass is 943 g/mol. The number of benzene rings is 8. The number of hydrogen-bond acceptors (Lipinski definition) is 2. The van der Waals surface area contributed by atoms with Gasteiger partial charge in [-0.2, -0.15) is 0 Å². The zero-order valence-corrected chi connectivity index (χ0v) is 35.2. The van der Waals surface area contributed by atoms with E-state index in [2.05, 4.69) is 168 Å². The van der Waals surface area contributed by atoms with E-state index in [1.807, 2.05) is 54.7 Å². The van der Waals surface area contributed by atoms with Crippen LogP contribution in [-0.4, -0.2) is 9.97 Å². The third-order valence-electron chi connectivity index (χ3n) is 12.3. The second-order valence-corrected chi connectivity index (χ2v) is 15.6. The second kappa shape index (κ2) is 15.8. The van der Waals surface area contributed by atoms with Crippen molar-refractivity contribution in [1.29, 1.82) is 0 Å². The van der Waals surface area contributed by atoms with Crippen LogP contribution in [0.4, 0.5) is 0 Å². The van der Waals surface area contributed by atoms with Crippen molar-refractivity contribution in [1.82, 2.24) is 9.97 Å². The van der Waals surface area contributed by atoms with Crippen LogP contribution in [0.5, 0.6) is 0 Å². The fourth-order valence-corrected chi connectivity index (χ4v) is 9.52. The Labute approximate surface area is 364 Å². The van der Waals surface area contributed by atoms with Crippen LogP contribution in [0.1, 0.15) is 22.3 Å². The summed E-state index contributed by atoms with van der Waals surface area (Å²) in [5, 5.41) is 5.13. The molecule has 0 unspecified atom stereocenters. The van der Waals surface area contributed by atoms with Gasteiger partial charge in [0, 0.05) is 37.9 Å². The van der Waals surface area contributed by atoms with Gasteiger partial charge >= 0.3 is 0 Å². The largest absolute Gasteiger partial charge is 0.305 e. The molecule has 0 amide bonds. The normalized spacial score (nSPS) is 12.9. The van der Waals surface area contributed by atoms with Crippen LogP contribution in [-0.2, 0) is 38.4 Å². The first-order valence-electron chi connectivity index (χ1n) is 20.3. The molecule has 2 aliphatic rings. The van der Waals surface area contributed by atoms with Gasteiger partial charge in [-0.1, -0.05) is 133 Å². The van der Waals surface area contributed by atoms with E-state index in [0.717, 1.165) is 35.4 Å². The van der Waals surface area contributed by atoms with E-state index in [4.69, 9.17) is 0 Å². The van der Waals surface area contributed by atoms with Crippen molar-refractivity contribution >= 4 is 21.5 Å². The molecule has 0 bridgehead atoms. The Morgan fingerprint density at radius 1 is 0.417 bits per heavy atom. The van der Waals surface area contributed by atoms with E-state index < -0.39 is 0 Å². The van der Waals surface area contributed by atoms with Crippen molar-refractivity contribution < 1.29 is 20.1 Å². The molecule has 8 aromatic carbocycles. The third kappa shape index (κ3) is 6.57. The fraction of sp³-hybridized carbons (Fsp3) is 0.0526. The summed E-state index contributed by atoms with van der Waals surface area (Å²) in [6.45, 7) is 0. The van der Waals surface area contributed by atoms with Gasteiger partial charge in [0.1, 0.15) is 0 Å². The fourth-order valence-electron chi connectivity index (χ4n) is 9.52. The van der Waals surface area contributed by atoms with Gasteiger partial charge in [-0.15, -0.1) is 70.8 Å². The minimum atomic E-state index is -0.162. The van der Waals surface area contributed by atoms with E-state index in [0.29, 0.717) is 0 Å². The van der Waals surface area contributed by atoms with Gasteiger partial charge in [-0.05, 0) is 115 Å². The molecule has 2 heterocycles. The van der Waals surface area contributed by atoms with Crippen molar-refractivity contribution in [2.45, 2.75) is 18.3 Å². The average Bonchev–Trinajstić information content (AvgIpc) is 3.83. The summed E-state index contributed by atoms with van der Waals surface area (Å²) in [6.07, 6.45) is 5.56. The summed E-state index contributed by atoms with van der Waals surface area (Å²) in [7, 11) is 0. The molecular formula is C57H38IrN2-2. The number of aromatic nitrogens is 2. The van der Waals surface area contributed by atoms with Crippen molar-refractivity contribution in [3.05, 3.63) is 241 Å². The molecule has 1 spiro atoms. The minimum Gasteiger partial charge on any atom is -0.305 e. The quantitative estimate of drug-likeness (QED) is 0.164. The van der Waals surface area contributed by atoms with Crippen LogP contribution in [0.15, 0.2) is 207 Å². The number of fused-ring (bicyclic) bond motifs is 8. The topological polar surface area (TPSA) is 25.8 Å². The van der Waals surface area contributed by atoms with Crippen LogP contribution in [0.2, 0.25) is 0 Å². The number of rotatable bonds is 4. The molecular weight excluding hydrogens is 905 g/mol. The molecule has 2 nitrogen and oxygen atoms in total. The first-order chi connectivity index (χ1) is 29.2. The maximum atomic E-state index is 4.64. The van der Waals surface area contributed by atoms with Gasteiger partial charge < -0.3 is 9.97 Å². The summed E-state index contributed by atoms with van der Waals surface area (Å²) < 4.78 is 0. The molecule has 1 radical (unpaired) electrons. The Balaban J connectivity index is 0.000000287. The Bertz CT molecular complexity index is 2980. The molecule has 0 saturated carbocycles. The molecule has 0 atom stereocenters. The Hall–Kier alpha value is -6.77. The van der Waals surface area contributed by atoms with Crippen LogP contribution in [0.25, 0.3) is 77.4 Å². The minimum absolute atomic E-state index is 0. The van der Waals surface area contributed by atoms with Gasteiger partial charge in [0.05, 0.1) is 0 Å².